The van der Waals surface area contributed by atoms with Crippen LogP contribution in [0, 0.1) is 0 Å². The normalized spacial score (nSPS) is 26.5. The first-order chi connectivity index (χ1) is 5.68. The van der Waals surface area contributed by atoms with Gasteiger partial charge in [0.25, 0.3) is 0 Å². The molecule has 1 aliphatic rings. The Hall–Kier alpha value is -0.0800. The Bertz CT molecular complexity index is 119. The first-order valence-electron chi connectivity index (χ1n) is 5.07. The van der Waals surface area contributed by atoms with Gasteiger partial charge in [0, 0.05) is 6.04 Å². The smallest absolute Gasteiger partial charge is 0.0565 e. The monoisotopic (exact) mass is 171 g/mol. The molecule has 2 heteroatoms. The SMILES string of the molecule is CC(C)OC(C)CC1CCCN1. The summed E-state index contributed by atoms with van der Waals surface area (Å²) in [6.07, 6.45) is 4.59. The Labute approximate surface area is 75.7 Å². The van der Waals surface area contributed by atoms with Gasteiger partial charge in [-0.2, -0.15) is 0 Å². The van der Waals surface area contributed by atoms with E-state index in [2.05, 4.69) is 26.1 Å². The molecule has 1 saturated heterocycles. The molecular weight excluding hydrogens is 150 g/mol. The molecular formula is C10H21NO. The highest BCUT2D eigenvalue weighted by atomic mass is 16.5. The molecule has 0 amide bonds. The van der Waals surface area contributed by atoms with Crippen LogP contribution in [-0.4, -0.2) is 24.8 Å². The minimum atomic E-state index is 0.362. The van der Waals surface area contributed by atoms with Crippen LogP contribution in [-0.2, 0) is 4.74 Å². The van der Waals surface area contributed by atoms with E-state index in [4.69, 9.17) is 4.74 Å². The minimum absolute atomic E-state index is 0.362. The molecule has 1 aliphatic heterocycles. The maximum Gasteiger partial charge on any atom is 0.0565 e. The van der Waals surface area contributed by atoms with Gasteiger partial charge in [-0.1, -0.05) is 0 Å². The third-order valence-corrected chi connectivity index (χ3v) is 2.28. The average molecular weight is 171 g/mol. The molecule has 0 saturated carbocycles. The van der Waals surface area contributed by atoms with Crippen LogP contribution in [0.25, 0.3) is 0 Å². The fourth-order valence-electron chi connectivity index (χ4n) is 1.88. The van der Waals surface area contributed by atoms with Crippen LogP contribution in [0.2, 0.25) is 0 Å². The van der Waals surface area contributed by atoms with Crippen molar-refractivity contribution in [2.75, 3.05) is 6.54 Å². The Balaban J connectivity index is 2.11. The van der Waals surface area contributed by atoms with Gasteiger partial charge in [-0.15, -0.1) is 0 Å². The molecule has 72 valence electrons. The molecule has 1 heterocycles. The number of ether oxygens (including phenoxy) is 1. The van der Waals surface area contributed by atoms with Crippen molar-refractivity contribution >= 4 is 0 Å². The van der Waals surface area contributed by atoms with Crippen LogP contribution < -0.4 is 5.32 Å². The lowest BCUT2D eigenvalue weighted by Gasteiger charge is -2.19. The van der Waals surface area contributed by atoms with Gasteiger partial charge in [0.1, 0.15) is 0 Å². The summed E-state index contributed by atoms with van der Waals surface area (Å²) in [5, 5.41) is 3.48. The molecule has 0 aromatic rings. The Morgan fingerprint density at radius 2 is 2.17 bits per heavy atom. The topological polar surface area (TPSA) is 21.3 Å². The van der Waals surface area contributed by atoms with Crippen LogP contribution >= 0.6 is 0 Å². The summed E-state index contributed by atoms with van der Waals surface area (Å²) in [5.41, 5.74) is 0. The number of hydrogen-bond acceptors (Lipinski definition) is 2. The zero-order valence-electron chi connectivity index (χ0n) is 8.47. The standard InChI is InChI=1S/C10H21NO/c1-8(2)12-9(3)7-10-5-4-6-11-10/h8-11H,4-7H2,1-3H3. The molecule has 0 radical (unpaired) electrons. The Morgan fingerprint density at radius 3 is 2.67 bits per heavy atom. The fraction of sp³-hybridized carbons (Fsp3) is 1.00. The van der Waals surface area contributed by atoms with Gasteiger partial charge >= 0.3 is 0 Å². The molecule has 1 N–H and O–H groups in total. The molecule has 0 aliphatic carbocycles. The van der Waals surface area contributed by atoms with E-state index in [-0.39, 0.29) is 0 Å². The molecule has 1 rings (SSSR count). The van der Waals surface area contributed by atoms with Crippen LogP contribution in [0.4, 0.5) is 0 Å². The molecule has 0 bridgehead atoms. The fourth-order valence-corrected chi connectivity index (χ4v) is 1.88. The van der Waals surface area contributed by atoms with Crippen molar-refractivity contribution in [3.63, 3.8) is 0 Å². The van der Waals surface area contributed by atoms with Gasteiger partial charge in [-0.25, -0.2) is 0 Å². The second-order valence-corrected chi connectivity index (χ2v) is 4.02. The van der Waals surface area contributed by atoms with Crippen molar-refractivity contribution in [3.05, 3.63) is 0 Å². The van der Waals surface area contributed by atoms with E-state index in [9.17, 15) is 0 Å². The summed E-state index contributed by atoms with van der Waals surface area (Å²) in [6.45, 7) is 7.55. The predicted octanol–water partition coefficient (Wildman–Crippen LogP) is 1.94. The van der Waals surface area contributed by atoms with Crippen molar-refractivity contribution in [2.45, 2.75) is 58.3 Å². The summed E-state index contributed by atoms with van der Waals surface area (Å²) in [5.74, 6) is 0. The third-order valence-electron chi connectivity index (χ3n) is 2.28. The van der Waals surface area contributed by atoms with E-state index < -0.39 is 0 Å². The summed E-state index contributed by atoms with van der Waals surface area (Å²) in [7, 11) is 0. The zero-order valence-corrected chi connectivity index (χ0v) is 8.47. The van der Waals surface area contributed by atoms with Crippen LogP contribution in [0.15, 0.2) is 0 Å². The van der Waals surface area contributed by atoms with Crippen LogP contribution in [0.5, 0.6) is 0 Å². The van der Waals surface area contributed by atoms with Gasteiger partial charge in [0.2, 0.25) is 0 Å². The highest BCUT2D eigenvalue weighted by Crippen LogP contribution is 2.13. The summed E-state index contributed by atoms with van der Waals surface area (Å²) in [6, 6.07) is 0.707. The Morgan fingerprint density at radius 1 is 1.42 bits per heavy atom. The van der Waals surface area contributed by atoms with Crippen LogP contribution in [0.1, 0.15) is 40.0 Å². The van der Waals surface area contributed by atoms with Crippen molar-refractivity contribution in [2.24, 2.45) is 0 Å². The molecule has 0 spiro atoms. The van der Waals surface area contributed by atoms with E-state index in [1.807, 2.05) is 0 Å². The molecule has 0 aromatic carbocycles. The summed E-state index contributed by atoms with van der Waals surface area (Å²) < 4.78 is 5.67. The highest BCUT2D eigenvalue weighted by molar-refractivity contribution is 4.76. The molecule has 12 heavy (non-hydrogen) atoms. The molecule has 0 aromatic heterocycles. The summed E-state index contributed by atoms with van der Waals surface area (Å²) >= 11 is 0. The van der Waals surface area contributed by atoms with E-state index in [1.54, 1.807) is 0 Å². The second-order valence-electron chi connectivity index (χ2n) is 4.02. The minimum Gasteiger partial charge on any atom is -0.376 e. The molecule has 1 fully saturated rings. The van der Waals surface area contributed by atoms with Gasteiger partial charge in [0.05, 0.1) is 12.2 Å². The highest BCUT2D eigenvalue weighted by Gasteiger charge is 2.17. The molecule has 2 unspecified atom stereocenters. The maximum atomic E-state index is 5.67. The van der Waals surface area contributed by atoms with Crippen molar-refractivity contribution in [1.29, 1.82) is 0 Å². The van der Waals surface area contributed by atoms with Crippen LogP contribution in [0.3, 0.4) is 0 Å². The number of rotatable bonds is 4. The van der Waals surface area contributed by atoms with Gasteiger partial charge in [0.15, 0.2) is 0 Å². The molecule has 2 nitrogen and oxygen atoms in total. The van der Waals surface area contributed by atoms with E-state index in [0.29, 0.717) is 18.2 Å². The number of nitrogens with one attached hydrogen (secondary N) is 1. The lowest BCUT2D eigenvalue weighted by atomic mass is 10.1. The van der Waals surface area contributed by atoms with E-state index in [1.165, 1.54) is 19.4 Å². The predicted molar refractivity (Wildman–Crippen MR) is 51.3 cm³/mol. The van der Waals surface area contributed by atoms with Crippen molar-refractivity contribution in [3.8, 4) is 0 Å². The number of hydrogen-bond donors (Lipinski definition) is 1. The van der Waals surface area contributed by atoms with E-state index in [0.717, 1.165) is 6.42 Å². The quantitative estimate of drug-likeness (QED) is 0.698. The first-order valence-corrected chi connectivity index (χ1v) is 5.07. The molecule has 2 atom stereocenters. The summed E-state index contributed by atoms with van der Waals surface area (Å²) in [4.78, 5) is 0. The van der Waals surface area contributed by atoms with Gasteiger partial charge < -0.3 is 10.1 Å². The van der Waals surface area contributed by atoms with Gasteiger partial charge in [-0.3, -0.25) is 0 Å². The average Bonchev–Trinajstić information content (AvgIpc) is 2.37. The van der Waals surface area contributed by atoms with E-state index >= 15 is 0 Å². The maximum absolute atomic E-state index is 5.67. The van der Waals surface area contributed by atoms with Crippen molar-refractivity contribution in [1.82, 2.24) is 5.32 Å². The second kappa shape index (κ2) is 4.83. The van der Waals surface area contributed by atoms with Gasteiger partial charge in [-0.05, 0) is 46.6 Å². The third kappa shape index (κ3) is 3.55. The zero-order chi connectivity index (χ0) is 8.97. The lowest BCUT2D eigenvalue weighted by Crippen LogP contribution is -2.27. The lowest BCUT2D eigenvalue weighted by molar-refractivity contribution is 0.00997. The van der Waals surface area contributed by atoms with Crippen molar-refractivity contribution < 1.29 is 4.74 Å². The first kappa shape index (κ1) is 10.0. The largest absolute Gasteiger partial charge is 0.376 e. The Kier molecular flexibility index (Phi) is 4.02.